The smallest absolute Gasteiger partial charge is 0.312 e. The van der Waals surface area contributed by atoms with Gasteiger partial charge in [0.1, 0.15) is 0 Å². The SMILES string of the molecule is N#Cc1ccc(N=Cc2nc(-c3ccccc3)oc2O)cc1. The molecule has 0 aliphatic carbocycles. The van der Waals surface area contributed by atoms with E-state index in [-0.39, 0.29) is 11.6 Å². The Kier molecular flexibility index (Phi) is 3.67. The van der Waals surface area contributed by atoms with E-state index in [1.165, 1.54) is 6.21 Å². The number of aromatic hydroxyl groups is 1. The fourth-order valence-corrected chi connectivity index (χ4v) is 1.87. The second-order valence-electron chi connectivity index (χ2n) is 4.49. The molecule has 0 saturated heterocycles. The van der Waals surface area contributed by atoms with Gasteiger partial charge in [-0.3, -0.25) is 4.99 Å². The van der Waals surface area contributed by atoms with Crippen LogP contribution in [0.4, 0.5) is 5.69 Å². The van der Waals surface area contributed by atoms with Crippen molar-refractivity contribution in [1.29, 1.82) is 5.26 Å². The Morgan fingerprint density at radius 2 is 1.82 bits per heavy atom. The molecule has 1 heterocycles. The predicted octanol–water partition coefficient (Wildman–Crippen LogP) is 3.67. The molecule has 0 amide bonds. The number of rotatable bonds is 3. The first-order valence-electron chi connectivity index (χ1n) is 6.56. The van der Waals surface area contributed by atoms with Gasteiger partial charge in [0.15, 0.2) is 5.69 Å². The molecule has 22 heavy (non-hydrogen) atoms. The van der Waals surface area contributed by atoms with Crippen LogP contribution in [-0.4, -0.2) is 16.3 Å². The molecule has 0 bridgehead atoms. The van der Waals surface area contributed by atoms with Gasteiger partial charge >= 0.3 is 5.95 Å². The van der Waals surface area contributed by atoms with Crippen LogP contribution in [0.15, 0.2) is 64.0 Å². The highest BCUT2D eigenvalue weighted by Gasteiger charge is 2.11. The van der Waals surface area contributed by atoms with E-state index in [9.17, 15) is 5.11 Å². The lowest BCUT2D eigenvalue weighted by atomic mass is 10.2. The Morgan fingerprint density at radius 1 is 1.09 bits per heavy atom. The topological polar surface area (TPSA) is 82.4 Å². The fourth-order valence-electron chi connectivity index (χ4n) is 1.87. The highest BCUT2D eigenvalue weighted by atomic mass is 16.5. The van der Waals surface area contributed by atoms with Crippen LogP contribution in [0.3, 0.4) is 0 Å². The van der Waals surface area contributed by atoms with Gasteiger partial charge in [-0.05, 0) is 36.4 Å². The summed E-state index contributed by atoms with van der Waals surface area (Å²) in [6.45, 7) is 0. The average molecular weight is 289 g/mol. The van der Waals surface area contributed by atoms with Crippen molar-refractivity contribution in [3.63, 3.8) is 0 Å². The van der Waals surface area contributed by atoms with Gasteiger partial charge in [0.2, 0.25) is 5.89 Å². The molecule has 0 atom stereocenters. The molecule has 0 aliphatic rings. The molecule has 1 N–H and O–H groups in total. The minimum atomic E-state index is -0.281. The lowest BCUT2D eigenvalue weighted by Crippen LogP contribution is -1.82. The van der Waals surface area contributed by atoms with Crippen molar-refractivity contribution in [2.75, 3.05) is 0 Å². The van der Waals surface area contributed by atoms with Gasteiger partial charge in [0, 0.05) is 5.56 Å². The molecule has 0 spiro atoms. The first kappa shape index (κ1) is 13.6. The monoisotopic (exact) mass is 289 g/mol. The van der Waals surface area contributed by atoms with Gasteiger partial charge in [-0.25, -0.2) is 4.98 Å². The van der Waals surface area contributed by atoms with Crippen LogP contribution in [0.1, 0.15) is 11.3 Å². The van der Waals surface area contributed by atoms with Gasteiger partial charge in [-0.15, -0.1) is 0 Å². The van der Waals surface area contributed by atoms with E-state index in [0.29, 0.717) is 17.1 Å². The summed E-state index contributed by atoms with van der Waals surface area (Å²) in [6, 6.07) is 18.1. The quantitative estimate of drug-likeness (QED) is 0.746. The van der Waals surface area contributed by atoms with Crippen molar-refractivity contribution < 1.29 is 9.52 Å². The molecule has 0 fully saturated rings. The van der Waals surface area contributed by atoms with Gasteiger partial charge in [0.25, 0.3) is 0 Å². The second-order valence-corrected chi connectivity index (χ2v) is 4.49. The number of hydrogen-bond acceptors (Lipinski definition) is 5. The summed E-state index contributed by atoms with van der Waals surface area (Å²) in [7, 11) is 0. The molecule has 0 unspecified atom stereocenters. The van der Waals surface area contributed by atoms with Gasteiger partial charge in [-0.2, -0.15) is 5.26 Å². The van der Waals surface area contributed by atoms with Gasteiger partial charge in [0.05, 0.1) is 23.5 Å². The van der Waals surface area contributed by atoms with E-state index in [1.54, 1.807) is 24.3 Å². The fraction of sp³-hybridized carbons (Fsp3) is 0. The zero-order chi connectivity index (χ0) is 15.4. The second kappa shape index (κ2) is 5.94. The lowest BCUT2D eigenvalue weighted by molar-refractivity contribution is 0.337. The predicted molar refractivity (Wildman–Crippen MR) is 82.0 cm³/mol. The number of hydrogen-bond donors (Lipinski definition) is 1. The largest absolute Gasteiger partial charge is 0.479 e. The summed E-state index contributed by atoms with van der Waals surface area (Å²) in [5, 5.41) is 18.5. The van der Waals surface area contributed by atoms with E-state index >= 15 is 0 Å². The first-order valence-corrected chi connectivity index (χ1v) is 6.56. The number of nitriles is 1. The molecule has 0 saturated carbocycles. The Hall–Kier alpha value is -3.39. The average Bonchev–Trinajstić information content (AvgIpc) is 2.95. The van der Waals surface area contributed by atoms with E-state index in [4.69, 9.17) is 9.68 Å². The Bertz CT molecular complexity index is 844. The first-order chi connectivity index (χ1) is 10.8. The molecule has 0 aliphatic heterocycles. The van der Waals surface area contributed by atoms with E-state index < -0.39 is 0 Å². The van der Waals surface area contributed by atoms with Crippen molar-refractivity contribution in [2.45, 2.75) is 0 Å². The lowest BCUT2D eigenvalue weighted by Gasteiger charge is -1.92. The van der Waals surface area contributed by atoms with Crippen LogP contribution < -0.4 is 0 Å². The number of aromatic nitrogens is 1. The molecule has 3 rings (SSSR count). The highest BCUT2D eigenvalue weighted by molar-refractivity contribution is 5.82. The third-order valence-electron chi connectivity index (χ3n) is 2.99. The maximum Gasteiger partial charge on any atom is 0.312 e. The molecule has 5 heteroatoms. The molecule has 106 valence electrons. The van der Waals surface area contributed by atoms with Crippen molar-refractivity contribution in [2.24, 2.45) is 4.99 Å². The van der Waals surface area contributed by atoms with E-state index in [2.05, 4.69) is 9.98 Å². The summed E-state index contributed by atoms with van der Waals surface area (Å²) >= 11 is 0. The zero-order valence-electron chi connectivity index (χ0n) is 11.5. The van der Waals surface area contributed by atoms with Crippen LogP contribution in [0.2, 0.25) is 0 Å². The summed E-state index contributed by atoms with van der Waals surface area (Å²) < 4.78 is 5.24. The maximum absolute atomic E-state index is 9.79. The van der Waals surface area contributed by atoms with Crippen LogP contribution >= 0.6 is 0 Å². The van der Waals surface area contributed by atoms with Crippen molar-refractivity contribution in [3.8, 4) is 23.5 Å². The van der Waals surface area contributed by atoms with Crippen LogP contribution in [0, 0.1) is 11.3 Å². The number of benzene rings is 2. The summed E-state index contributed by atoms with van der Waals surface area (Å²) in [5.74, 6) is 0.0515. The highest BCUT2D eigenvalue weighted by Crippen LogP contribution is 2.25. The summed E-state index contributed by atoms with van der Waals surface area (Å²) in [6.07, 6.45) is 1.42. The Balaban J connectivity index is 1.85. The minimum Gasteiger partial charge on any atom is -0.479 e. The Morgan fingerprint density at radius 3 is 2.50 bits per heavy atom. The van der Waals surface area contributed by atoms with Crippen LogP contribution in [0.5, 0.6) is 5.95 Å². The molecule has 5 nitrogen and oxygen atoms in total. The number of oxazole rings is 1. The van der Waals surface area contributed by atoms with E-state index in [0.717, 1.165) is 5.56 Å². The van der Waals surface area contributed by atoms with Crippen LogP contribution in [-0.2, 0) is 0 Å². The molecular weight excluding hydrogens is 278 g/mol. The molecule has 1 aromatic heterocycles. The zero-order valence-corrected chi connectivity index (χ0v) is 11.5. The molecular formula is C17H11N3O2. The number of nitrogens with zero attached hydrogens (tertiary/aromatic N) is 3. The molecule has 0 radical (unpaired) electrons. The standard InChI is InChI=1S/C17H11N3O2/c18-10-12-6-8-14(9-7-12)19-11-15-17(21)22-16(20-15)13-4-2-1-3-5-13/h1-9,11,21H. The van der Waals surface area contributed by atoms with Crippen molar-refractivity contribution >= 4 is 11.9 Å². The number of aliphatic imine (C=N–C) groups is 1. The van der Waals surface area contributed by atoms with E-state index in [1.807, 2.05) is 36.4 Å². The maximum atomic E-state index is 9.79. The third kappa shape index (κ3) is 2.86. The third-order valence-corrected chi connectivity index (χ3v) is 2.99. The van der Waals surface area contributed by atoms with Crippen molar-refractivity contribution in [1.82, 2.24) is 4.98 Å². The van der Waals surface area contributed by atoms with Crippen molar-refractivity contribution in [3.05, 3.63) is 65.9 Å². The molecule has 2 aromatic carbocycles. The Labute approximate surface area is 126 Å². The van der Waals surface area contributed by atoms with Crippen LogP contribution in [0.25, 0.3) is 11.5 Å². The minimum absolute atomic E-state index is 0.253. The summed E-state index contributed by atoms with van der Waals surface area (Å²) in [5.41, 5.74) is 2.25. The van der Waals surface area contributed by atoms with Gasteiger partial charge < -0.3 is 9.52 Å². The molecule has 3 aromatic rings. The summed E-state index contributed by atoms with van der Waals surface area (Å²) in [4.78, 5) is 8.41. The normalized spacial score (nSPS) is 10.7. The van der Waals surface area contributed by atoms with Gasteiger partial charge in [-0.1, -0.05) is 18.2 Å².